The second-order valence-electron chi connectivity index (χ2n) is 7.80. The summed E-state index contributed by atoms with van der Waals surface area (Å²) >= 11 is 0. The fraction of sp³-hybridized carbons (Fsp3) is 0.435. The van der Waals surface area contributed by atoms with Gasteiger partial charge in [-0.15, -0.1) is 0 Å². The van der Waals surface area contributed by atoms with Crippen molar-refractivity contribution in [2.24, 2.45) is 0 Å². The Morgan fingerprint density at radius 1 is 1.14 bits per heavy atom. The lowest BCUT2D eigenvalue weighted by Gasteiger charge is -2.53. The van der Waals surface area contributed by atoms with Crippen LogP contribution in [-0.4, -0.2) is 53.4 Å². The van der Waals surface area contributed by atoms with E-state index >= 15 is 0 Å². The van der Waals surface area contributed by atoms with Gasteiger partial charge in [0.2, 0.25) is 0 Å². The number of carboxylic acid groups (broad SMARTS) is 1. The number of nitrogens with zero attached hydrogens (tertiary/aromatic N) is 1. The molecule has 1 saturated heterocycles. The average molecular weight is 383 g/mol. The third-order valence-electron chi connectivity index (χ3n) is 5.57. The highest BCUT2D eigenvalue weighted by Crippen LogP contribution is 2.45. The van der Waals surface area contributed by atoms with Gasteiger partial charge in [-0.05, 0) is 37.5 Å². The van der Waals surface area contributed by atoms with Gasteiger partial charge >= 0.3 is 5.97 Å². The Hall–Kier alpha value is -2.37. The topological polar surface area (TPSA) is 70.0 Å². The van der Waals surface area contributed by atoms with Crippen LogP contribution in [-0.2, 0) is 21.4 Å². The van der Waals surface area contributed by atoms with Gasteiger partial charge in [-0.2, -0.15) is 0 Å². The molecule has 28 heavy (non-hydrogen) atoms. The lowest BCUT2D eigenvalue weighted by Crippen LogP contribution is -2.61. The first-order valence-corrected chi connectivity index (χ1v) is 9.84. The molecule has 0 saturated carbocycles. The van der Waals surface area contributed by atoms with E-state index in [-0.39, 0.29) is 18.4 Å². The van der Waals surface area contributed by atoms with Gasteiger partial charge < -0.3 is 14.9 Å². The van der Waals surface area contributed by atoms with Crippen LogP contribution in [0.1, 0.15) is 37.0 Å². The van der Waals surface area contributed by atoms with Crippen molar-refractivity contribution in [1.82, 2.24) is 4.90 Å². The normalized spacial score (nSPS) is 16.1. The summed E-state index contributed by atoms with van der Waals surface area (Å²) in [5, 5.41) is 19.4. The summed E-state index contributed by atoms with van der Waals surface area (Å²) in [4.78, 5) is 13.0. The zero-order valence-corrected chi connectivity index (χ0v) is 16.6. The molecule has 1 fully saturated rings. The molecule has 2 N–H and O–H groups in total. The van der Waals surface area contributed by atoms with E-state index in [1.165, 1.54) is 5.56 Å². The summed E-state index contributed by atoms with van der Waals surface area (Å²) in [6, 6.07) is 16.6. The molecule has 0 radical (unpaired) electrons. The van der Waals surface area contributed by atoms with Gasteiger partial charge in [0.15, 0.2) is 0 Å². The standard InChI is InChI=1S/C23H29NO4/c1-17(2)24-15-23(16-24,19-6-4-3-5-7-19)20-14-18(8-9-21(20)25)10-12-28-13-11-22(26)27/h3-9,14,17,25H,10-13,15-16H2,1-2H3,(H,26,27). The number of phenols is 1. The maximum atomic E-state index is 10.7. The van der Waals surface area contributed by atoms with E-state index in [4.69, 9.17) is 9.84 Å². The lowest BCUT2D eigenvalue weighted by molar-refractivity contribution is -0.138. The maximum absolute atomic E-state index is 10.7. The van der Waals surface area contributed by atoms with Gasteiger partial charge in [-0.1, -0.05) is 42.5 Å². The zero-order chi connectivity index (χ0) is 20.1. The molecule has 2 aromatic rings. The number of hydrogen-bond acceptors (Lipinski definition) is 4. The van der Waals surface area contributed by atoms with Gasteiger partial charge in [0, 0.05) is 30.1 Å². The van der Waals surface area contributed by atoms with Gasteiger partial charge in [0.05, 0.1) is 19.6 Å². The number of phenolic OH excluding ortho intramolecular Hbond substituents is 1. The fourth-order valence-electron chi connectivity index (χ4n) is 3.85. The Bertz CT molecular complexity index is 798. The second-order valence-corrected chi connectivity index (χ2v) is 7.80. The van der Waals surface area contributed by atoms with Crippen molar-refractivity contribution in [2.45, 2.75) is 38.1 Å². The zero-order valence-electron chi connectivity index (χ0n) is 16.6. The summed E-state index contributed by atoms with van der Waals surface area (Å²) in [6.45, 7) is 6.83. The quantitative estimate of drug-likeness (QED) is 0.649. The highest BCUT2D eigenvalue weighted by Gasteiger charge is 2.47. The Labute approximate surface area is 166 Å². The van der Waals surface area contributed by atoms with Crippen molar-refractivity contribution >= 4 is 5.97 Å². The predicted molar refractivity (Wildman–Crippen MR) is 109 cm³/mol. The first kappa shape index (κ1) is 20.4. The van der Waals surface area contributed by atoms with E-state index in [0.717, 1.165) is 24.2 Å². The maximum Gasteiger partial charge on any atom is 0.305 e. The van der Waals surface area contributed by atoms with E-state index in [9.17, 15) is 9.90 Å². The third kappa shape index (κ3) is 4.37. The Balaban J connectivity index is 1.80. The molecule has 0 aliphatic carbocycles. The van der Waals surface area contributed by atoms with Crippen molar-refractivity contribution in [1.29, 1.82) is 0 Å². The molecule has 1 aliphatic rings. The number of ether oxygens (including phenoxy) is 1. The molecule has 0 atom stereocenters. The van der Waals surface area contributed by atoms with Crippen LogP contribution in [0.25, 0.3) is 0 Å². The number of hydrogen-bond donors (Lipinski definition) is 2. The van der Waals surface area contributed by atoms with Crippen LogP contribution in [0.5, 0.6) is 5.75 Å². The van der Waals surface area contributed by atoms with E-state index in [0.29, 0.717) is 24.8 Å². The molecular weight excluding hydrogens is 354 g/mol. The van der Waals surface area contributed by atoms with Crippen LogP contribution in [0.15, 0.2) is 48.5 Å². The first-order valence-electron chi connectivity index (χ1n) is 9.84. The molecular formula is C23H29NO4. The van der Waals surface area contributed by atoms with Crippen LogP contribution in [0.2, 0.25) is 0 Å². The number of likely N-dealkylation sites (tertiary alicyclic amines) is 1. The van der Waals surface area contributed by atoms with E-state index in [2.05, 4.69) is 36.9 Å². The molecule has 3 rings (SSSR count). The van der Waals surface area contributed by atoms with Crippen LogP contribution in [0, 0.1) is 0 Å². The van der Waals surface area contributed by atoms with Gasteiger partial charge in [0.1, 0.15) is 5.75 Å². The van der Waals surface area contributed by atoms with Crippen molar-refractivity contribution in [3.05, 3.63) is 65.2 Å². The molecule has 0 aromatic heterocycles. The monoisotopic (exact) mass is 383 g/mol. The predicted octanol–water partition coefficient (Wildman–Crippen LogP) is 3.44. The molecule has 5 heteroatoms. The fourth-order valence-corrected chi connectivity index (χ4v) is 3.85. The molecule has 1 heterocycles. The third-order valence-corrected chi connectivity index (χ3v) is 5.57. The smallest absolute Gasteiger partial charge is 0.305 e. The van der Waals surface area contributed by atoms with Gasteiger partial charge in [0.25, 0.3) is 0 Å². The first-order chi connectivity index (χ1) is 13.4. The molecule has 0 spiro atoms. The van der Waals surface area contributed by atoms with Crippen LogP contribution < -0.4 is 0 Å². The summed E-state index contributed by atoms with van der Waals surface area (Å²) < 4.78 is 5.43. The van der Waals surface area contributed by atoms with Gasteiger partial charge in [-0.25, -0.2) is 0 Å². The van der Waals surface area contributed by atoms with Crippen molar-refractivity contribution in [2.75, 3.05) is 26.3 Å². The molecule has 0 amide bonds. The number of aliphatic carboxylic acids is 1. The Kier molecular flexibility index (Phi) is 6.37. The average Bonchev–Trinajstić information content (AvgIpc) is 2.63. The largest absolute Gasteiger partial charge is 0.508 e. The molecule has 5 nitrogen and oxygen atoms in total. The summed E-state index contributed by atoms with van der Waals surface area (Å²) in [6.07, 6.45) is 0.703. The van der Waals surface area contributed by atoms with Crippen LogP contribution in [0.4, 0.5) is 0 Å². The lowest BCUT2D eigenvalue weighted by atomic mass is 9.67. The Morgan fingerprint density at radius 3 is 2.50 bits per heavy atom. The number of carboxylic acids is 1. The van der Waals surface area contributed by atoms with Crippen molar-refractivity contribution in [3.8, 4) is 5.75 Å². The number of rotatable bonds is 9. The molecule has 2 aromatic carbocycles. The SMILES string of the molecule is CC(C)N1CC(c2ccccc2)(c2cc(CCOCCC(=O)O)ccc2O)C1. The number of benzene rings is 2. The minimum Gasteiger partial charge on any atom is -0.508 e. The van der Waals surface area contributed by atoms with Crippen molar-refractivity contribution in [3.63, 3.8) is 0 Å². The summed E-state index contributed by atoms with van der Waals surface area (Å²) in [5.74, 6) is -0.529. The summed E-state index contributed by atoms with van der Waals surface area (Å²) in [7, 11) is 0. The molecule has 150 valence electrons. The highest BCUT2D eigenvalue weighted by molar-refractivity contribution is 5.66. The highest BCUT2D eigenvalue weighted by atomic mass is 16.5. The van der Waals surface area contributed by atoms with E-state index in [1.807, 2.05) is 24.3 Å². The van der Waals surface area contributed by atoms with E-state index in [1.54, 1.807) is 6.07 Å². The van der Waals surface area contributed by atoms with Crippen molar-refractivity contribution < 1.29 is 19.7 Å². The van der Waals surface area contributed by atoms with E-state index < -0.39 is 5.97 Å². The van der Waals surface area contributed by atoms with Crippen LogP contribution >= 0.6 is 0 Å². The van der Waals surface area contributed by atoms with Gasteiger partial charge in [-0.3, -0.25) is 9.69 Å². The number of aromatic hydroxyl groups is 1. The Morgan fingerprint density at radius 2 is 1.86 bits per heavy atom. The minimum absolute atomic E-state index is 0.0168. The molecule has 0 unspecified atom stereocenters. The van der Waals surface area contributed by atoms with Crippen LogP contribution in [0.3, 0.4) is 0 Å². The molecule has 0 bridgehead atoms. The minimum atomic E-state index is -0.851. The summed E-state index contributed by atoms with van der Waals surface area (Å²) in [5.41, 5.74) is 3.05. The second kappa shape index (κ2) is 8.76. The number of carbonyl (C=O) groups is 1. The molecule has 1 aliphatic heterocycles.